The fourth-order valence-electron chi connectivity index (χ4n) is 3.97. The van der Waals surface area contributed by atoms with Gasteiger partial charge < -0.3 is 14.4 Å². The first-order valence-corrected chi connectivity index (χ1v) is 8.42. The molecule has 1 aliphatic heterocycles. The molecule has 0 aromatic carbocycles. The lowest BCUT2D eigenvalue weighted by atomic mass is 9.53. The minimum atomic E-state index is -0.572. The number of likely N-dealkylation sites (tertiary alicyclic amines) is 1. The van der Waals surface area contributed by atoms with Gasteiger partial charge in [-0.15, -0.1) is 0 Å². The first-order valence-electron chi connectivity index (χ1n) is 8.42. The Hall–Kier alpha value is -2.15. The molecule has 1 amide bonds. The van der Waals surface area contributed by atoms with Gasteiger partial charge in [0, 0.05) is 18.5 Å². The predicted molar refractivity (Wildman–Crippen MR) is 85.3 cm³/mol. The predicted octanol–water partition coefficient (Wildman–Crippen LogP) is 1.69. The highest BCUT2D eigenvalue weighted by Crippen LogP contribution is 2.56. The van der Waals surface area contributed by atoms with Crippen molar-refractivity contribution in [2.24, 2.45) is 5.41 Å². The van der Waals surface area contributed by atoms with Crippen LogP contribution in [0.1, 0.15) is 48.9 Å². The molecule has 1 N–H and O–H groups in total. The van der Waals surface area contributed by atoms with Crippen LogP contribution < -0.4 is 0 Å². The summed E-state index contributed by atoms with van der Waals surface area (Å²) >= 11 is 0. The fourth-order valence-corrected chi connectivity index (χ4v) is 3.97. The zero-order valence-electron chi connectivity index (χ0n) is 13.8. The number of aliphatic hydroxyl groups is 1. The highest BCUT2D eigenvalue weighted by Gasteiger charge is 2.55. The van der Waals surface area contributed by atoms with E-state index in [2.05, 4.69) is 10.1 Å². The van der Waals surface area contributed by atoms with Crippen molar-refractivity contribution in [2.75, 3.05) is 13.1 Å². The number of rotatable bonds is 3. The Bertz CT molecular complexity index is 727. The van der Waals surface area contributed by atoms with Gasteiger partial charge in [-0.05, 0) is 44.7 Å². The molecule has 2 fully saturated rings. The average molecular weight is 330 g/mol. The average Bonchev–Trinajstić information content (AvgIpc) is 3.26. The standard InChI is InChI=1S/C17H22N4O3/c1-16(23)4-5-17(16)6-8-20(9-7-17)15(22)14-3-2-13(24-14)10-21-12-18-11-19-21/h2-3,11-12,23H,4-10H2,1H3. The van der Waals surface area contributed by atoms with Crippen molar-refractivity contribution in [3.05, 3.63) is 36.3 Å². The van der Waals surface area contributed by atoms with Crippen LogP contribution in [0.15, 0.2) is 29.2 Å². The van der Waals surface area contributed by atoms with Crippen molar-refractivity contribution in [1.29, 1.82) is 0 Å². The maximum Gasteiger partial charge on any atom is 0.289 e. The smallest absolute Gasteiger partial charge is 0.289 e. The molecule has 1 aliphatic carbocycles. The first-order chi connectivity index (χ1) is 11.5. The number of piperidine rings is 1. The quantitative estimate of drug-likeness (QED) is 0.926. The van der Waals surface area contributed by atoms with E-state index in [-0.39, 0.29) is 11.3 Å². The van der Waals surface area contributed by atoms with Gasteiger partial charge >= 0.3 is 0 Å². The molecule has 7 heteroatoms. The second-order valence-corrected chi connectivity index (χ2v) is 7.21. The summed E-state index contributed by atoms with van der Waals surface area (Å²) in [6, 6.07) is 3.52. The second kappa shape index (κ2) is 5.44. The third-order valence-electron chi connectivity index (χ3n) is 5.90. The molecule has 2 aliphatic rings. The number of hydrogen-bond donors (Lipinski definition) is 1. The van der Waals surface area contributed by atoms with E-state index in [1.165, 1.54) is 6.33 Å². The minimum Gasteiger partial charge on any atom is -0.454 e. The fraction of sp³-hybridized carbons (Fsp3) is 0.588. The van der Waals surface area contributed by atoms with E-state index in [1.807, 2.05) is 11.8 Å². The van der Waals surface area contributed by atoms with Gasteiger partial charge in [-0.25, -0.2) is 9.67 Å². The molecule has 0 bridgehead atoms. The van der Waals surface area contributed by atoms with Crippen LogP contribution >= 0.6 is 0 Å². The number of aromatic nitrogens is 3. The zero-order chi connectivity index (χ0) is 16.8. The molecule has 2 aromatic heterocycles. The maximum atomic E-state index is 12.6. The molecule has 3 heterocycles. The normalized spacial score (nSPS) is 25.7. The molecular weight excluding hydrogens is 308 g/mol. The number of nitrogens with zero attached hydrogens (tertiary/aromatic N) is 4. The van der Waals surface area contributed by atoms with Crippen LogP contribution in [0.4, 0.5) is 0 Å². The molecule has 1 saturated carbocycles. The van der Waals surface area contributed by atoms with Gasteiger partial charge in [0.1, 0.15) is 25.0 Å². The number of carbonyl (C=O) groups excluding carboxylic acids is 1. The van der Waals surface area contributed by atoms with Crippen LogP contribution in [0, 0.1) is 5.41 Å². The van der Waals surface area contributed by atoms with Crippen molar-refractivity contribution < 1.29 is 14.3 Å². The van der Waals surface area contributed by atoms with Gasteiger partial charge in [-0.2, -0.15) is 5.10 Å². The molecule has 4 rings (SSSR count). The van der Waals surface area contributed by atoms with Crippen LogP contribution in [-0.4, -0.2) is 49.4 Å². The lowest BCUT2D eigenvalue weighted by Crippen LogP contribution is -2.60. The Balaban J connectivity index is 1.39. The van der Waals surface area contributed by atoms with Crippen molar-refractivity contribution in [2.45, 2.75) is 44.8 Å². The van der Waals surface area contributed by atoms with Crippen LogP contribution in [0.5, 0.6) is 0 Å². The van der Waals surface area contributed by atoms with Crippen LogP contribution in [0.2, 0.25) is 0 Å². The summed E-state index contributed by atoms with van der Waals surface area (Å²) in [6.45, 7) is 3.73. The van der Waals surface area contributed by atoms with E-state index in [0.717, 1.165) is 25.7 Å². The topological polar surface area (TPSA) is 84.4 Å². The highest BCUT2D eigenvalue weighted by atomic mass is 16.4. The second-order valence-electron chi connectivity index (χ2n) is 7.21. The Morgan fingerprint density at radius 2 is 2.08 bits per heavy atom. The molecule has 1 saturated heterocycles. The summed E-state index contributed by atoms with van der Waals surface area (Å²) in [5.41, 5.74) is -0.566. The van der Waals surface area contributed by atoms with Crippen molar-refractivity contribution in [1.82, 2.24) is 19.7 Å². The highest BCUT2D eigenvalue weighted by molar-refractivity contribution is 5.91. The monoisotopic (exact) mass is 330 g/mol. The Morgan fingerprint density at radius 1 is 1.29 bits per heavy atom. The van der Waals surface area contributed by atoms with E-state index < -0.39 is 5.60 Å². The first kappa shape index (κ1) is 15.4. The summed E-state index contributed by atoms with van der Waals surface area (Å²) in [5.74, 6) is 0.967. The van der Waals surface area contributed by atoms with E-state index >= 15 is 0 Å². The van der Waals surface area contributed by atoms with Gasteiger partial charge in [0.2, 0.25) is 0 Å². The minimum absolute atomic E-state index is 0.00516. The van der Waals surface area contributed by atoms with E-state index in [0.29, 0.717) is 31.2 Å². The van der Waals surface area contributed by atoms with E-state index in [9.17, 15) is 9.90 Å². The number of furan rings is 1. The third kappa shape index (κ3) is 2.43. The Kier molecular flexibility index (Phi) is 3.49. The molecule has 1 spiro atoms. The van der Waals surface area contributed by atoms with Gasteiger partial charge in [0.25, 0.3) is 5.91 Å². The summed E-state index contributed by atoms with van der Waals surface area (Å²) in [6.07, 6.45) is 6.72. The number of hydrogen-bond acceptors (Lipinski definition) is 5. The number of carbonyl (C=O) groups is 1. The van der Waals surface area contributed by atoms with Crippen LogP contribution in [0.25, 0.3) is 0 Å². The molecule has 7 nitrogen and oxygen atoms in total. The summed E-state index contributed by atoms with van der Waals surface area (Å²) in [4.78, 5) is 18.3. The molecule has 128 valence electrons. The summed E-state index contributed by atoms with van der Waals surface area (Å²) in [7, 11) is 0. The summed E-state index contributed by atoms with van der Waals surface area (Å²) < 4.78 is 7.33. The molecule has 2 aromatic rings. The van der Waals surface area contributed by atoms with Gasteiger partial charge in [0.15, 0.2) is 5.76 Å². The van der Waals surface area contributed by atoms with Gasteiger partial charge in [-0.1, -0.05) is 0 Å². The molecule has 1 atom stereocenters. The van der Waals surface area contributed by atoms with E-state index in [4.69, 9.17) is 4.42 Å². The van der Waals surface area contributed by atoms with Crippen LogP contribution in [0.3, 0.4) is 0 Å². The van der Waals surface area contributed by atoms with E-state index in [1.54, 1.807) is 23.1 Å². The zero-order valence-corrected chi connectivity index (χ0v) is 13.8. The van der Waals surface area contributed by atoms with Crippen molar-refractivity contribution in [3.63, 3.8) is 0 Å². The van der Waals surface area contributed by atoms with Crippen LogP contribution in [-0.2, 0) is 6.54 Å². The van der Waals surface area contributed by atoms with Gasteiger partial charge in [0.05, 0.1) is 5.60 Å². The Labute approximate surface area is 140 Å². The number of amides is 1. The Morgan fingerprint density at radius 3 is 2.67 bits per heavy atom. The lowest BCUT2D eigenvalue weighted by molar-refractivity contribution is -0.174. The van der Waals surface area contributed by atoms with Crippen molar-refractivity contribution in [3.8, 4) is 0 Å². The molecule has 1 unspecified atom stereocenters. The molecule has 24 heavy (non-hydrogen) atoms. The third-order valence-corrected chi connectivity index (χ3v) is 5.90. The van der Waals surface area contributed by atoms with Crippen molar-refractivity contribution >= 4 is 5.91 Å². The lowest BCUT2D eigenvalue weighted by Gasteiger charge is -2.58. The SMILES string of the molecule is CC1(O)CCC12CCN(C(=O)c1ccc(Cn3cncn3)o1)CC2. The largest absolute Gasteiger partial charge is 0.454 e. The summed E-state index contributed by atoms with van der Waals surface area (Å²) in [5, 5.41) is 14.4. The molecular formula is C17H22N4O3. The molecule has 0 radical (unpaired) electrons. The maximum absolute atomic E-state index is 12.6. The van der Waals surface area contributed by atoms with Gasteiger partial charge in [-0.3, -0.25) is 4.79 Å².